The molecule has 5 nitrogen and oxygen atoms in total. The summed E-state index contributed by atoms with van der Waals surface area (Å²) in [5.41, 5.74) is 6.83. The zero-order chi connectivity index (χ0) is 15.2. The molecular formula is C16H24N2O3. The Morgan fingerprint density at radius 2 is 1.76 bits per heavy atom. The number of benzene rings is 1. The molecule has 2 rings (SSSR count). The number of nitrogens with two attached hydrogens (primary N) is 1. The van der Waals surface area contributed by atoms with Crippen molar-refractivity contribution in [3.8, 4) is 11.5 Å². The van der Waals surface area contributed by atoms with E-state index in [1.807, 2.05) is 23.1 Å². The first-order valence-corrected chi connectivity index (χ1v) is 7.38. The Morgan fingerprint density at radius 3 is 2.24 bits per heavy atom. The van der Waals surface area contributed by atoms with Crippen molar-refractivity contribution in [1.82, 2.24) is 4.90 Å². The third-order valence-electron chi connectivity index (χ3n) is 3.94. The molecule has 1 aromatic rings. The van der Waals surface area contributed by atoms with Crippen molar-refractivity contribution in [3.05, 3.63) is 23.8 Å². The molecule has 2 N–H and O–H groups in total. The lowest BCUT2D eigenvalue weighted by Gasteiger charge is -2.22. The molecule has 1 aliphatic heterocycles. The number of methoxy groups -OCH3 is 2. The van der Waals surface area contributed by atoms with Crippen molar-refractivity contribution >= 4 is 5.91 Å². The summed E-state index contributed by atoms with van der Waals surface area (Å²) in [6.07, 6.45) is 2.80. The second kappa shape index (κ2) is 7.31. The minimum Gasteiger partial charge on any atom is -0.497 e. The zero-order valence-electron chi connectivity index (χ0n) is 12.8. The van der Waals surface area contributed by atoms with Gasteiger partial charge in [0.05, 0.1) is 20.1 Å². The number of carbonyl (C=O) groups excluding carboxylic acids is 1. The molecule has 1 saturated heterocycles. The van der Waals surface area contributed by atoms with Gasteiger partial charge in [-0.1, -0.05) is 0 Å². The molecule has 21 heavy (non-hydrogen) atoms. The number of hydrogen-bond acceptors (Lipinski definition) is 4. The van der Waals surface area contributed by atoms with E-state index in [1.165, 1.54) is 0 Å². The quantitative estimate of drug-likeness (QED) is 0.862. The van der Waals surface area contributed by atoms with Gasteiger partial charge in [-0.25, -0.2) is 0 Å². The molecule has 0 aromatic heterocycles. The van der Waals surface area contributed by atoms with Crippen LogP contribution in [0.15, 0.2) is 18.2 Å². The van der Waals surface area contributed by atoms with Crippen LogP contribution in [0.5, 0.6) is 11.5 Å². The third kappa shape index (κ3) is 3.88. The molecule has 1 fully saturated rings. The lowest BCUT2D eigenvalue weighted by atomic mass is 9.97. The van der Waals surface area contributed by atoms with Crippen LogP contribution in [-0.2, 0) is 11.2 Å². The maximum atomic E-state index is 12.5. The van der Waals surface area contributed by atoms with Crippen LogP contribution in [0, 0.1) is 5.92 Å². The Labute approximate surface area is 126 Å². The van der Waals surface area contributed by atoms with Gasteiger partial charge in [-0.15, -0.1) is 0 Å². The number of likely N-dealkylation sites (tertiary alicyclic amines) is 1. The van der Waals surface area contributed by atoms with E-state index in [0.717, 1.165) is 43.0 Å². The number of amides is 1. The highest BCUT2D eigenvalue weighted by Crippen LogP contribution is 2.25. The lowest BCUT2D eigenvalue weighted by molar-refractivity contribution is -0.134. The topological polar surface area (TPSA) is 64.8 Å². The SMILES string of the molecule is COc1cc(CC(CN)C(=O)N2CCCC2)cc(OC)c1. The van der Waals surface area contributed by atoms with Gasteiger partial charge in [0.15, 0.2) is 0 Å². The highest BCUT2D eigenvalue weighted by molar-refractivity contribution is 5.79. The van der Waals surface area contributed by atoms with E-state index in [9.17, 15) is 4.79 Å². The monoisotopic (exact) mass is 292 g/mol. The number of rotatable bonds is 6. The molecule has 0 radical (unpaired) electrons. The van der Waals surface area contributed by atoms with Crippen LogP contribution in [0.1, 0.15) is 18.4 Å². The average Bonchev–Trinajstić information content (AvgIpc) is 3.05. The first kappa shape index (κ1) is 15.6. The van der Waals surface area contributed by atoms with Crippen LogP contribution >= 0.6 is 0 Å². The van der Waals surface area contributed by atoms with Crippen molar-refractivity contribution < 1.29 is 14.3 Å². The first-order chi connectivity index (χ1) is 10.2. The zero-order valence-corrected chi connectivity index (χ0v) is 12.8. The summed E-state index contributed by atoms with van der Waals surface area (Å²) in [6, 6.07) is 5.69. The Bertz CT molecular complexity index is 462. The second-order valence-electron chi connectivity index (χ2n) is 5.39. The maximum Gasteiger partial charge on any atom is 0.227 e. The van der Waals surface area contributed by atoms with Gasteiger partial charge in [-0.2, -0.15) is 0 Å². The van der Waals surface area contributed by atoms with Gasteiger partial charge in [0.25, 0.3) is 0 Å². The van der Waals surface area contributed by atoms with E-state index >= 15 is 0 Å². The highest BCUT2D eigenvalue weighted by atomic mass is 16.5. The predicted octanol–water partition coefficient (Wildman–Crippen LogP) is 1.44. The summed E-state index contributed by atoms with van der Waals surface area (Å²) >= 11 is 0. The van der Waals surface area contributed by atoms with Crippen molar-refractivity contribution in [2.45, 2.75) is 19.3 Å². The normalized spacial score (nSPS) is 15.9. The lowest BCUT2D eigenvalue weighted by Crippen LogP contribution is -2.38. The molecule has 0 aliphatic carbocycles. The smallest absolute Gasteiger partial charge is 0.227 e. The molecule has 1 unspecified atom stereocenters. The molecule has 1 atom stereocenters. The highest BCUT2D eigenvalue weighted by Gasteiger charge is 2.25. The van der Waals surface area contributed by atoms with Gasteiger partial charge in [0.2, 0.25) is 5.91 Å². The van der Waals surface area contributed by atoms with Gasteiger partial charge in [0, 0.05) is 25.7 Å². The second-order valence-corrected chi connectivity index (χ2v) is 5.39. The minimum atomic E-state index is -0.181. The molecule has 116 valence electrons. The maximum absolute atomic E-state index is 12.5. The van der Waals surface area contributed by atoms with E-state index in [0.29, 0.717) is 13.0 Å². The molecule has 0 saturated carbocycles. The summed E-state index contributed by atoms with van der Waals surface area (Å²) in [7, 11) is 3.24. The van der Waals surface area contributed by atoms with Crippen LogP contribution in [-0.4, -0.2) is 44.7 Å². The van der Waals surface area contributed by atoms with Gasteiger partial charge in [0.1, 0.15) is 11.5 Å². The summed E-state index contributed by atoms with van der Waals surface area (Å²) in [5, 5.41) is 0. The molecule has 1 aliphatic rings. The number of ether oxygens (including phenoxy) is 2. The molecule has 0 bridgehead atoms. The van der Waals surface area contributed by atoms with Crippen LogP contribution < -0.4 is 15.2 Å². The summed E-state index contributed by atoms with van der Waals surface area (Å²) in [5.74, 6) is 1.44. The Morgan fingerprint density at radius 1 is 1.19 bits per heavy atom. The van der Waals surface area contributed by atoms with Gasteiger partial charge in [-0.05, 0) is 37.0 Å². The van der Waals surface area contributed by atoms with Crippen molar-refractivity contribution in [2.24, 2.45) is 11.7 Å². The summed E-state index contributed by atoms with van der Waals surface area (Å²) < 4.78 is 10.5. The average molecular weight is 292 g/mol. The molecule has 1 aromatic carbocycles. The molecule has 1 heterocycles. The largest absolute Gasteiger partial charge is 0.497 e. The molecule has 1 amide bonds. The fourth-order valence-corrected chi connectivity index (χ4v) is 2.74. The van der Waals surface area contributed by atoms with Gasteiger partial charge >= 0.3 is 0 Å². The Kier molecular flexibility index (Phi) is 5.44. The van der Waals surface area contributed by atoms with Crippen molar-refractivity contribution in [1.29, 1.82) is 0 Å². The number of carbonyl (C=O) groups is 1. The van der Waals surface area contributed by atoms with Crippen LogP contribution in [0.2, 0.25) is 0 Å². The van der Waals surface area contributed by atoms with Crippen LogP contribution in [0.25, 0.3) is 0 Å². The van der Waals surface area contributed by atoms with E-state index < -0.39 is 0 Å². The van der Waals surface area contributed by atoms with Crippen molar-refractivity contribution in [3.63, 3.8) is 0 Å². The fourth-order valence-electron chi connectivity index (χ4n) is 2.74. The van der Waals surface area contributed by atoms with Crippen LogP contribution in [0.3, 0.4) is 0 Å². The van der Waals surface area contributed by atoms with Gasteiger partial charge in [-0.3, -0.25) is 4.79 Å². The van der Waals surface area contributed by atoms with Crippen molar-refractivity contribution in [2.75, 3.05) is 33.9 Å². The standard InChI is InChI=1S/C16H24N2O3/c1-20-14-8-12(9-15(10-14)21-2)7-13(11-17)16(19)18-5-3-4-6-18/h8-10,13H,3-7,11,17H2,1-2H3. The Balaban J connectivity index is 2.11. The van der Waals surface area contributed by atoms with Gasteiger partial charge < -0.3 is 20.1 Å². The molecule has 0 spiro atoms. The fraction of sp³-hybridized carbons (Fsp3) is 0.562. The van der Waals surface area contributed by atoms with E-state index in [1.54, 1.807) is 14.2 Å². The van der Waals surface area contributed by atoms with E-state index in [-0.39, 0.29) is 11.8 Å². The van der Waals surface area contributed by atoms with E-state index in [4.69, 9.17) is 15.2 Å². The van der Waals surface area contributed by atoms with Crippen LogP contribution in [0.4, 0.5) is 0 Å². The summed E-state index contributed by atoms with van der Waals surface area (Å²) in [6.45, 7) is 2.07. The summed E-state index contributed by atoms with van der Waals surface area (Å²) in [4.78, 5) is 14.4. The number of nitrogens with zero attached hydrogens (tertiary/aromatic N) is 1. The van der Waals surface area contributed by atoms with E-state index in [2.05, 4.69) is 0 Å². The first-order valence-electron chi connectivity index (χ1n) is 7.38. The molecule has 5 heteroatoms. The third-order valence-corrected chi connectivity index (χ3v) is 3.94. The molecular weight excluding hydrogens is 268 g/mol. The number of hydrogen-bond donors (Lipinski definition) is 1. The minimum absolute atomic E-state index is 0.164. The predicted molar refractivity (Wildman–Crippen MR) is 81.6 cm³/mol. The Hall–Kier alpha value is -1.75.